The first-order valence-electron chi connectivity index (χ1n) is 5.95. The maximum absolute atomic E-state index is 11.1. The second kappa shape index (κ2) is 5.58. The molecule has 0 aliphatic rings. The fourth-order valence-electron chi connectivity index (χ4n) is 2.06. The van der Waals surface area contributed by atoms with Crippen LogP contribution in [0.1, 0.15) is 12.8 Å². The lowest BCUT2D eigenvalue weighted by molar-refractivity contribution is -0.140. The van der Waals surface area contributed by atoms with Gasteiger partial charge in [-0.1, -0.05) is 6.07 Å². The number of ether oxygens (including phenoxy) is 2. The second-order valence-corrected chi connectivity index (χ2v) is 4.08. The highest BCUT2D eigenvalue weighted by molar-refractivity contribution is 5.86. The molecule has 1 aromatic heterocycles. The normalized spacial score (nSPS) is 10.6. The lowest BCUT2D eigenvalue weighted by Crippen LogP contribution is -2.03. The number of hydrogen-bond acceptors (Lipinski definition) is 3. The molecular weight excluding hydrogens is 230 g/mol. The van der Waals surface area contributed by atoms with Crippen LogP contribution >= 0.6 is 0 Å². The number of nitrogens with zero attached hydrogens (tertiary/aromatic N) is 1. The van der Waals surface area contributed by atoms with E-state index in [1.54, 1.807) is 7.11 Å². The van der Waals surface area contributed by atoms with Gasteiger partial charge in [-0.05, 0) is 24.6 Å². The Morgan fingerprint density at radius 3 is 2.83 bits per heavy atom. The Morgan fingerprint density at radius 1 is 1.28 bits per heavy atom. The zero-order valence-corrected chi connectivity index (χ0v) is 10.7. The Hall–Kier alpha value is -1.97. The number of aryl methyl sites for hydroxylation is 1. The molecule has 0 saturated carbocycles. The maximum Gasteiger partial charge on any atom is 0.305 e. The van der Waals surface area contributed by atoms with Crippen molar-refractivity contribution in [2.75, 3.05) is 14.2 Å². The molecule has 1 aromatic carbocycles. The number of benzene rings is 1. The van der Waals surface area contributed by atoms with Gasteiger partial charge in [-0.15, -0.1) is 0 Å². The average Bonchev–Trinajstić information content (AvgIpc) is 2.82. The van der Waals surface area contributed by atoms with Gasteiger partial charge in [0.2, 0.25) is 0 Å². The summed E-state index contributed by atoms with van der Waals surface area (Å²) in [5.74, 6) is 0.711. The minimum Gasteiger partial charge on any atom is -0.496 e. The van der Waals surface area contributed by atoms with Crippen LogP contribution in [0.3, 0.4) is 0 Å². The molecule has 0 radical (unpaired) electrons. The molecule has 1 heterocycles. The van der Waals surface area contributed by atoms with Crippen LogP contribution in [-0.2, 0) is 16.1 Å². The van der Waals surface area contributed by atoms with E-state index >= 15 is 0 Å². The van der Waals surface area contributed by atoms with Crippen LogP contribution in [-0.4, -0.2) is 24.8 Å². The average molecular weight is 247 g/mol. The minimum absolute atomic E-state index is 0.163. The SMILES string of the molecule is COC(=O)CCCn1ccc2c(OC)cccc21. The first-order chi connectivity index (χ1) is 8.76. The minimum atomic E-state index is -0.163. The first-order valence-corrected chi connectivity index (χ1v) is 5.95. The van der Waals surface area contributed by atoms with Crippen LogP contribution in [0, 0.1) is 0 Å². The molecule has 4 nitrogen and oxygen atoms in total. The summed E-state index contributed by atoms with van der Waals surface area (Å²) in [6.45, 7) is 0.797. The van der Waals surface area contributed by atoms with Gasteiger partial charge in [0, 0.05) is 24.5 Å². The summed E-state index contributed by atoms with van der Waals surface area (Å²) in [6, 6.07) is 8.00. The molecule has 0 amide bonds. The third-order valence-electron chi connectivity index (χ3n) is 3.00. The van der Waals surface area contributed by atoms with Crippen molar-refractivity contribution in [3.05, 3.63) is 30.5 Å². The number of aromatic nitrogens is 1. The van der Waals surface area contributed by atoms with E-state index in [0.717, 1.165) is 29.6 Å². The standard InChI is InChI=1S/C14H17NO3/c1-17-13-6-3-5-12-11(13)8-10-15(12)9-4-7-14(16)18-2/h3,5-6,8,10H,4,7,9H2,1-2H3. The largest absolute Gasteiger partial charge is 0.496 e. The Kier molecular flexibility index (Phi) is 3.87. The van der Waals surface area contributed by atoms with Gasteiger partial charge in [0.1, 0.15) is 5.75 Å². The van der Waals surface area contributed by atoms with Gasteiger partial charge < -0.3 is 14.0 Å². The molecule has 0 N–H and O–H groups in total. The molecule has 0 unspecified atom stereocenters. The van der Waals surface area contributed by atoms with Crippen molar-refractivity contribution in [3.63, 3.8) is 0 Å². The van der Waals surface area contributed by atoms with Gasteiger partial charge in [-0.25, -0.2) is 0 Å². The van der Waals surface area contributed by atoms with E-state index in [-0.39, 0.29) is 5.97 Å². The first kappa shape index (κ1) is 12.5. The Balaban J connectivity index is 2.12. The van der Waals surface area contributed by atoms with Crippen LogP contribution in [0.25, 0.3) is 10.9 Å². The molecule has 0 fully saturated rings. The summed E-state index contributed by atoms with van der Waals surface area (Å²) in [6.07, 6.45) is 3.23. The third kappa shape index (κ3) is 2.47. The molecule has 96 valence electrons. The second-order valence-electron chi connectivity index (χ2n) is 4.08. The summed E-state index contributed by atoms with van der Waals surface area (Å²) in [5.41, 5.74) is 1.12. The Bertz CT molecular complexity index is 545. The van der Waals surface area contributed by atoms with Crippen molar-refractivity contribution in [3.8, 4) is 5.75 Å². The van der Waals surface area contributed by atoms with Crippen LogP contribution in [0.5, 0.6) is 5.75 Å². The lowest BCUT2D eigenvalue weighted by Gasteiger charge is -2.06. The predicted octanol–water partition coefficient (Wildman–Crippen LogP) is 2.60. The number of rotatable bonds is 5. The van der Waals surface area contributed by atoms with Crippen LogP contribution < -0.4 is 4.74 Å². The van der Waals surface area contributed by atoms with Gasteiger partial charge in [-0.2, -0.15) is 0 Å². The van der Waals surface area contributed by atoms with Crippen LogP contribution in [0.4, 0.5) is 0 Å². The maximum atomic E-state index is 11.1. The molecule has 4 heteroatoms. The number of hydrogen-bond donors (Lipinski definition) is 0. The zero-order chi connectivity index (χ0) is 13.0. The molecule has 0 spiro atoms. The predicted molar refractivity (Wildman–Crippen MR) is 69.7 cm³/mol. The highest BCUT2D eigenvalue weighted by Crippen LogP contribution is 2.26. The van der Waals surface area contributed by atoms with Gasteiger partial charge in [0.05, 0.1) is 19.7 Å². The van der Waals surface area contributed by atoms with Crippen molar-refractivity contribution in [1.82, 2.24) is 4.57 Å². The van der Waals surface area contributed by atoms with E-state index in [2.05, 4.69) is 15.4 Å². The van der Waals surface area contributed by atoms with Crippen molar-refractivity contribution < 1.29 is 14.3 Å². The summed E-state index contributed by atoms with van der Waals surface area (Å²) in [4.78, 5) is 11.1. The molecule has 2 rings (SSSR count). The van der Waals surface area contributed by atoms with Crippen molar-refractivity contribution in [2.45, 2.75) is 19.4 Å². The molecule has 18 heavy (non-hydrogen) atoms. The molecule has 0 saturated heterocycles. The smallest absolute Gasteiger partial charge is 0.305 e. The van der Waals surface area contributed by atoms with Crippen LogP contribution in [0.2, 0.25) is 0 Å². The van der Waals surface area contributed by atoms with E-state index < -0.39 is 0 Å². The van der Waals surface area contributed by atoms with Crippen molar-refractivity contribution >= 4 is 16.9 Å². The third-order valence-corrected chi connectivity index (χ3v) is 3.00. The molecule has 0 bridgehead atoms. The number of carbonyl (C=O) groups is 1. The molecule has 2 aromatic rings. The fraction of sp³-hybridized carbons (Fsp3) is 0.357. The highest BCUT2D eigenvalue weighted by Gasteiger charge is 2.06. The molecule has 0 aliphatic carbocycles. The topological polar surface area (TPSA) is 40.5 Å². The van der Waals surface area contributed by atoms with E-state index in [1.807, 2.05) is 24.4 Å². The summed E-state index contributed by atoms with van der Waals surface area (Å²) >= 11 is 0. The Labute approximate surface area is 106 Å². The van der Waals surface area contributed by atoms with Gasteiger partial charge in [0.25, 0.3) is 0 Å². The number of methoxy groups -OCH3 is 2. The monoisotopic (exact) mass is 247 g/mol. The number of fused-ring (bicyclic) bond motifs is 1. The van der Waals surface area contributed by atoms with E-state index in [1.165, 1.54) is 7.11 Å². The van der Waals surface area contributed by atoms with Crippen LogP contribution in [0.15, 0.2) is 30.5 Å². The Morgan fingerprint density at radius 2 is 2.11 bits per heavy atom. The van der Waals surface area contributed by atoms with Gasteiger partial charge in [-0.3, -0.25) is 4.79 Å². The molecule has 0 atom stereocenters. The number of carbonyl (C=O) groups excluding carboxylic acids is 1. The zero-order valence-electron chi connectivity index (χ0n) is 10.7. The van der Waals surface area contributed by atoms with Gasteiger partial charge >= 0.3 is 5.97 Å². The molecular formula is C14H17NO3. The van der Waals surface area contributed by atoms with Crippen molar-refractivity contribution in [1.29, 1.82) is 0 Å². The van der Waals surface area contributed by atoms with Crippen molar-refractivity contribution in [2.24, 2.45) is 0 Å². The lowest BCUT2D eigenvalue weighted by atomic mass is 10.2. The fourth-order valence-corrected chi connectivity index (χ4v) is 2.06. The molecule has 0 aliphatic heterocycles. The summed E-state index contributed by atoms with van der Waals surface area (Å²) in [7, 11) is 3.08. The van der Waals surface area contributed by atoms with E-state index in [0.29, 0.717) is 6.42 Å². The summed E-state index contributed by atoms with van der Waals surface area (Å²) < 4.78 is 12.1. The van der Waals surface area contributed by atoms with E-state index in [4.69, 9.17) is 4.74 Å². The summed E-state index contributed by atoms with van der Waals surface area (Å²) in [5, 5.41) is 1.10. The quantitative estimate of drug-likeness (QED) is 0.762. The number of esters is 1. The van der Waals surface area contributed by atoms with E-state index in [9.17, 15) is 4.79 Å². The highest BCUT2D eigenvalue weighted by atomic mass is 16.5. The van der Waals surface area contributed by atoms with Gasteiger partial charge in [0.15, 0.2) is 0 Å².